The van der Waals surface area contributed by atoms with Gasteiger partial charge in [0.2, 0.25) is 0 Å². The Bertz CT molecular complexity index is 674. The van der Waals surface area contributed by atoms with E-state index in [4.69, 9.17) is 28.6 Å². The third kappa shape index (κ3) is 5.83. The van der Waals surface area contributed by atoms with E-state index < -0.39 is 0 Å². The van der Waals surface area contributed by atoms with Crippen LogP contribution in [0.4, 0.5) is 5.69 Å². The van der Waals surface area contributed by atoms with Gasteiger partial charge in [-0.1, -0.05) is 30.3 Å². The van der Waals surface area contributed by atoms with Crippen molar-refractivity contribution in [3.63, 3.8) is 0 Å². The van der Waals surface area contributed by atoms with Gasteiger partial charge >= 0.3 is 0 Å². The highest BCUT2D eigenvalue weighted by atomic mass is 35.5. The molecule has 2 N–H and O–H groups in total. The van der Waals surface area contributed by atoms with E-state index in [-0.39, 0.29) is 0 Å². The summed E-state index contributed by atoms with van der Waals surface area (Å²) < 4.78 is 5.13. The number of halogens is 1. The fourth-order valence-electron chi connectivity index (χ4n) is 2.08. The maximum Gasteiger partial charge on any atom is 0.191 e. The minimum atomic E-state index is 0.430. The van der Waals surface area contributed by atoms with Crippen molar-refractivity contribution in [3.8, 4) is 5.75 Å². The zero-order valence-electron chi connectivity index (χ0n) is 13.5. The number of hydrogen-bond donors (Lipinski definition) is 2. The zero-order chi connectivity index (χ0) is 17.2. The highest BCUT2D eigenvalue weighted by Crippen LogP contribution is 2.14. The van der Waals surface area contributed by atoms with Gasteiger partial charge in [-0.05, 0) is 54.9 Å². The molecule has 0 aliphatic heterocycles. The average molecular weight is 362 g/mol. The van der Waals surface area contributed by atoms with E-state index in [1.165, 1.54) is 0 Å². The summed E-state index contributed by atoms with van der Waals surface area (Å²) in [5, 5.41) is 7.96. The number of rotatable bonds is 7. The van der Waals surface area contributed by atoms with Crippen LogP contribution in [0.15, 0.2) is 59.7 Å². The molecule has 0 saturated heterocycles. The molecule has 2 rings (SSSR count). The van der Waals surface area contributed by atoms with Crippen LogP contribution in [0, 0.1) is 0 Å². The molecule has 2 aromatic carbocycles. The number of alkyl halides is 1. The summed E-state index contributed by atoms with van der Waals surface area (Å²) in [6.07, 6.45) is 1.64. The van der Waals surface area contributed by atoms with Gasteiger partial charge in [0.1, 0.15) is 5.75 Å². The van der Waals surface area contributed by atoms with E-state index in [9.17, 15) is 0 Å². The molecule has 0 atom stereocenters. The first-order valence-corrected chi connectivity index (χ1v) is 8.56. The van der Waals surface area contributed by atoms with Gasteiger partial charge < -0.3 is 10.1 Å². The van der Waals surface area contributed by atoms with Crippen molar-refractivity contribution in [1.82, 2.24) is 5.43 Å². The van der Waals surface area contributed by atoms with Crippen LogP contribution in [0.25, 0.3) is 0 Å². The number of hydrazone groups is 1. The van der Waals surface area contributed by atoms with Gasteiger partial charge in [0.25, 0.3) is 0 Å². The highest BCUT2D eigenvalue weighted by molar-refractivity contribution is 7.80. The molecular formula is C18H20ClN3OS. The highest BCUT2D eigenvalue weighted by Gasteiger charge is 2.04. The number of benzene rings is 2. The fraction of sp³-hybridized carbons (Fsp3) is 0.222. The second kappa shape index (κ2) is 9.90. The molecular weight excluding hydrogens is 342 g/mol. The normalized spacial score (nSPS) is 11.0. The summed E-state index contributed by atoms with van der Waals surface area (Å²) in [6.45, 7) is 0. The first-order chi connectivity index (χ1) is 11.7. The first kappa shape index (κ1) is 18.2. The monoisotopic (exact) mass is 361 g/mol. The predicted octanol–water partition coefficient (Wildman–Crippen LogP) is 4.40. The Balaban J connectivity index is 2.00. The molecule has 0 aromatic heterocycles. The lowest BCUT2D eigenvalue weighted by molar-refractivity contribution is 0.415. The number of thiocarbonyl (C=S) groups is 1. The quantitative estimate of drug-likeness (QED) is 0.332. The third-order valence-electron chi connectivity index (χ3n) is 3.29. The molecule has 0 amide bonds. The number of methoxy groups -OCH3 is 1. The maximum atomic E-state index is 5.80. The number of nitrogens with one attached hydrogen (secondary N) is 2. The lowest BCUT2D eigenvalue weighted by Gasteiger charge is -2.10. The molecule has 0 saturated carbocycles. The molecule has 0 aliphatic rings. The van der Waals surface area contributed by atoms with Crippen LogP contribution >= 0.6 is 23.8 Å². The molecule has 2 aromatic rings. The van der Waals surface area contributed by atoms with Crippen molar-refractivity contribution in [1.29, 1.82) is 0 Å². The molecule has 0 aliphatic carbocycles. The Kier molecular flexibility index (Phi) is 7.52. The van der Waals surface area contributed by atoms with Crippen molar-refractivity contribution < 1.29 is 4.74 Å². The van der Waals surface area contributed by atoms with Crippen LogP contribution in [-0.2, 0) is 0 Å². The van der Waals surface area contributed by atoms with Crippen LogP contribution in [0.3, 0.4) is 0 Å². The van der Waals surface area contributed by atoms with Gasteiger partial charge in [-0.2, -0.15) is 5.10 Å². The number of hydrogen-bond acceptors (Lipinski definition) is 3. The number of nitrogens with zero attached hydrogens (tertiary/aromatic N) is 1. The number of anilines is 1. The van der Waals surface area contributed by atoms with Crippen LogP contribution in [-0.4, -0.2) is 23.8 Å². The standard InChI is InChI=1S/C18H20ClN3OS/c1-23-16-11-9-15(10-12-16)20-18(24)22-21-17(8-5-13-19)14-6-3-2-4-7-14/h2-4,6-7,9-12H,5,8,13H2,1H3,(H2,20,22,24)/b21-17-. The van der Waals surface area contributed by atoms with Gasteiger partial charge in [0.05, 0.1) is 12.8 Å². The van der Waals surface area contributed by atoms with Crippen LogP contribution in [0.1, 0.15) is 18.4 Å². The Labute approximate surface area is 152 Å². The van der Waals surface area contributed by atoms with Gasteiger partial charge in [-0.3, -0.25) is 5.43 Å². The largest absolute Gasteiger partial charge is 0.497 e. The topological polar surface area (TPSA) is 45.6 Å². The van der Waals surface area contributed by atoms with E-state index in [0.717, 1.165) is 35.6 Å². The minimum Gasteiger partial charge on any atom is -0.497 e. The van der Waals surface area contributed by atoms with Crippen LogP contribution < -0.4 is 15.5 Å². The molecule has 0 unspecified atom stereocenters. The summed E-state index contributed by atoms with van der Waals surface area (Å²) in [7, 11) is 1.63. The first-order valence-electron chi connectivity index (χ1n) is 7.62. The fourth-order valence-corrected chi connectivity index (χ4v) is 2.38. The SMILES string of the molecule is COc1ccc(NC(=S)N/N=C(/CCCCl)c2ccccc2)cc1. The second-order valence-corrected chi connectivity index (χ2v) is 5.80. The van der Waals surface area contributed by atoms with E-state index >= 15 is 0 Å². The van der Waals surface area contributed by atoms with Gasteiger partial charge in [-0.25, -0.2) is 0 Å². The summed E-state index contributed by atoms with van der Waals surface area (Å²) in [5.74, 6) is 1.39. The zero-order valence-corrected chi connectivity index (χ0v) is 15.0. The third-order valence-corrected chi connectivity index (χ3v) is 3.76. The summed E-state index contributed by atoms with van der Waals surface area (Å²) >= 11 is 11.1. The Morgan fingerprint density at radius 3 is 2.46 bits per heavy atom. The molecule has 0 spiro atoms. The molecule has 6 heteroatoms. The van der Waals surface area contributed by atoms with Crippen LogP contribution in [0.5, 0.6) is 5.75 Å². The average Bonchev–Trinajstić information content (AvgIpc) is 2.63. The van der Waals surface area contributed by atoms with Gasteiger partial charge in [0, 0.05) is 11.6 Å². The summed E-state index contributed by atoms with van der Waals surface area (Å²) in [5.41, 5.74) is 5.75. The van der Waals surface area contributed by atoms with Crippen molar-refractivity contribution in [3.05, 3.63) is 60.2 Å². The van der Waals surface area contributed by atoms with Crippen LogP contribution in [0.2, 0.25) is 0 Å². The molecule has 0 radical (unpaired) electrons. The summed E-state index contributed by atoms with van der Waals surface area (Å²) in [4.78, 5) is 0. The van der Waals surface area contributed by atoms with Crippen molar-refractivity contribution in [2.45, 2.75) is 12.8 Å². The lowest BCUT2D eigenvalue weighted by Crippen LogP contribution is -2.25. The van der Waals surface area contributed by atoms with E-state index in [1.54, 1.807) is 7.11 Å². The Morgan fingerprint density at radius 2 is 1.83 bits per heavy atom. The molecule has 0 fully saturated rings. The van der Waals surface area contributed by atoms with Gasteiger partial charge in [-0.15, -0.1) is 11.6 Å². The van der Waals surface area contributed by atoms with Crippen molar-refractivity contribution in [2.24, 2.45) is 5.10 Å². The second-order valence-electron chi connectivity index (χ2n) is 5.01. The van der Waals surface area contributed by atoms with Crippen molar-refractivity contribution in [2.75, 3.05) is 18.3 Å². The van der Waals surface area contributed by atoms with E-state index in [2.05, 4.69) is 15.8 Å². The Hall–Kier alpha value is -2.11. The molecule has 126 valence electrons. The van der Waals surface area contributed by atoms with Gasteiger partial charge in [0.15, 0.2) is 5.11 Å². The molecule has 24 heavy (non-hydrogen) atoms. The molecule has 0 bridgehead atoms. The maximum absolute atomic E-state index is 5.80. The van der Waals surface area contributed by atoms with E-state index in [0.29, 0.717) is 11.0 Å². The Morgan fingerprint density at radius 1 is 1.12 bits per heavy atom. The van der Waals surface area contributed by atoms with E-state index in [1.807, 2.05) is 54.6 Å². The summed E-state index contributed by atoms with van der Waals surface area (Å²) in [6, 6.07) is 17.5. The van der Waals surface area contributed by atoms with Crippen molar-refractivity contribution >= 4 is 40.3 Å². The molecule has 4 nitrogen and oxygen atoms in total. The minimum absolute atomic E-state index is 0.430. The molecule has 0 heterocycles. The number of ether oxygens (including phenoxy) is 1. The predicted molar refractivity (Wildman–Crippen MR) is 105 cm³/mol. The lowest BCUT2D eigenvalue weighted by atomic mass is 10.1. The smallest absolute Gasteiger partial charge is 0.191 e.